The van der Waals surface area contributed by atoms with Crippen molar-refractivity contribution in [2.75, 3.05) is 11.9 Å². The van der Waals surface area contributed by atoms with Gasteiger partial charge in [0.05, 0.1) is 6.54 Å². The van der Waals surface area contributed by atoms with Crippen LogP contribution in [0.15, 0.2) is 41.8 Å². The second-order valence-corrected chi connectivity index (χ2v) is 5.82. The first kappa shape index (κ1) is 14.6. The normalized spacial score (nSPS) is 13.6. The van der Waals surface area contributed by atoms with Crippen LogP contribution >= 0.6 is 11.3 Å². The van der Waals surface area contributed by atoms with Crippen molar-refractivity contribution in [3.8, 4) is 0 Å². The fourth-order valence-corrected chi connectivity index (χ4v) is 2.59. The van der Waals surface area contributed by atoms with Crippen LogP contribution in [0.3, 0.4) is 0 Å². The molecule has 0 bridgehead atoms. The van der Waals surface area contributed by atoms with E-state index in [0.29, 0.717) is 0 Å². The van der Waals surface area contributed by atoms with Crippen LogP contribution in [0.1, 0.15) is 17.4 Å². The van der Waals surface area contributed by atoms with Crippen molar-refractivity contribution in [2.24, 2.45) is 0 Å². The maximum absolute atomic E-state index is 11.9. The number of amides is 2. The molecule has 0 aliphatic carbocycles. The van der Waals surface area contributed by atoms with E-state index in [9.17, 15) is 9.90 Å². The van der Waals surface area contributed by atoms with E-state index in [4.69, 9.17) is 0 Å². The summed E-state index contributed by atoms with van der Waals surface area (Å²) in [6.45, 7) is 3.77. The molecule has 1 aromatic heterocycles. The number of nitrogens with one attached hydrogen (secondary N) is 2. The Bertz CT molecular complexity index is 579. The average Bonchev–Trinajstić information content (AvgIpc) is 2.94. The lowest BCUT2D eigenvalue weighted by Gasteiger charge is -2.22. The summed E-state index contributed by atoms with van der Waals surface area (Å²) in [5, 5.41) is 17.7. The summed E-state index contributed by atoms with van der Waals surface area (Å²) in [6, 6.07) is 11.0. The number of urea groups is 1. The lowest BCUT2D eigenvalue weighted by atomic mass is 10.1. The summed E-state index contributed by atoms with van der Waals surface area (Å²) < 4.78 is 0. The molecule has 2 aromatic rings. The highest BCUT2D eigenvalue weighted by Crippen LogP contribution is 2.24. The Kier molecular flexibility index (Phi) is 4.42. The van der Waals surface area contributed by atoms with Crippen molar-refractivity contribution in [2.45, 2.75) is 19.4 Å². The number of benzene rings is 1. The lowest BCUT2D eigenvalue weighted by molar-refractivity contribution is 0.0637. The first-order valence-electron chi connectivity index (χ1n) is 6.36. The molecule has 1 aromatic carbocycles. The van der Waals surface area contributed by atoms with Crippen LogP contribution in [0.4, 0.5) is 10.5 Å². The van der Waals surface area contributed by atoms with Gasteiger partial charge in [-0.1, -0.05) is 24.3 Å². The van der Waals surface area contributed by atoms with Gasteiger partial charge >= 0.3 is 6.03 Å². The van der Waals surface area contributed by atoms with Crippen LogP contribution in [0.5, 0.6) is 0 Å². The monoisotopic (exact) mass is 290 g/mol. The van der Waals surface area contributed by atoms with Gasteiger partial charge in [-0.2, -0.15) is 0 Å². The SMILES string of the molecule is Cc1ccccc1NC(=O)NC[C@](C)(O)c1cccs1. The molecule has 0 fully saturated rings. The lowest BCUT2D eigenvalue weighted by Crippen LogP contribution is -2.40. The van der Waals surface area contributed by atoms with Gasteiger partial charge in [-0.3, -0.25) is 0 Å². The van der Waals surface area contributed by atoms with Crippen LogP contribution in [0, 0.1) is 6.92 Å². The molecule has 0 radical (unpaired) electrons. The third kappa shape index (κ3) is 3.59. The number of thiophene rings is 1. The van der Waals surface area contributed by atoms with Gasteiger partial charge in [-0.25, -0.2) is 4.79 Å². The minimum atomic E-state index is -1.06. The molecule has 1 heterocycles. The minimum absolute atomic E-state index is 0.158. The number of aryl methyl sites for hydroxylation is 1. The molecule has 106 valence electrons. The predicted molar refractivity (Wildman–Crippen MR) is 82.1 cm³/mol. The highest BCUT2D eigenvalue weighted by molar-refractivity contribution is 7.10. The number of aliphatic hydroxyl groups is 1. The number of hydrogen-bond donors (Lipinski definition) is 3. The van der Waals surface area contributed by atoms with E-state index >= 15 is 0 Å². The van der Waals surface area contributed by atoms with Crippen LogP contribution in [-0.4, -0.2) is 17.7 Å². The third-order valence-corrected chi connectivity index (χ3v) is 4.16. The fourth-order valence-electron chi connectivity index (χ4n) is 1.80. The van der Waals surface area contributed by atoms with Gasteiger partial charge in [-0.05, 0) is 36.9 Å². The molecular formula is C15H18N2O2S. The maximum Gasteiger partial charge on any atom is 0.319 e. The van der Waals surface area contributed by atoms with E-state index in [-0.39, 0.29) is 12.6 Å². The second kappa shape index (κ2) is 6.07. The minimum Gasteiger partial charge on any atom is -0.383 e. The summed E-state index contributed by atoms with van der Waals surface area (Å²) in [5.74, 6) is 0. The average molecular weight is 290 g/mol. The Balaban J connectivity index is 1.91. The van der Waals surface area contributed by atoms with Crippen molar-refractivity contribution in [3.05, 3.63) is 52.2 Å². The number of carbonyl (C=O) groups excluding carboxylic acids is 1. The van der Waals surface area contributed by atoms with Crippen molar-refractivity contribution >= 4 is 23.1 Å². The molecule has 4 nitrogen and oxygen atoms in total. The molecule has 2 rings (SSSR count). The number of para-hydroxylation sites is 1. The molecule has 0 unspecified atom stereocenters. The molecule has 2 amide bonds. The molecule has 0 saturated heterocycles. The van der Waals surface area contributed by atoms with Crippen molar-refractivity contribution in [3.63, 3.8) is 0 Å². The summed E-state index contributed by atoms with van der Waals surface area (Å²) in [6.07, 6.45) is 0. The van der Waals surface area contributed by atoms with Gasteiger partial charge in [0.2, 0.25) is 0 Å². The van der Waals surface area contributed by atoms with Gasteiger partial charge in [0, 0.05) is 10.6 Å². The number of hydrogen-bond acceptors (Lipinski definition) is 3. The Morgan fingerprint density at radius 3 is 2.70 bits per heavy atom. The molecule has 0 aliphatic heterocycles. The van der Waals surface area contributed by atoms with Crippen molar-refractivity contribution < 1.29 is 9.90 Å². The molecular weight excluding hydrogens is 272 g/mol. The Labute approximate surface area is 122 Å². The molecule has 0 saturated carbocycles. The molecule has 3 N–H and O–H groups in total. The van der Waals surface area contributed by atoms with E-state index < -0.39 is 5.60 Å². The molecule has 0 spiro atoms. The van der Waals surface area contributed by atoms with Crippen molar-refractivity contribution in [1.29, 1.82) is 0 Å². The van der Waals surface area contributed by atoms with E-state index in [1.54, 1.807) is 6.92 Å². The van der Waals surface area contributed by atoms with Gasteiger partial charge in [-0.15, -0.1) is 11.3 Å². The summed E-state index contributed by atoms with van der Waals surface area (Å²) >= 11 is 1.47. The topological polar surface area (TPSA) is 61.4 Å². The van der Waals surface area contributed by atoms with E-state index in [0.717, 1.165) is 16.1 Å². The first-order valence-corrected chi connectivity index (χ1v) is 7.24. The van der Waals surface area contributed by atoms with Crippen LogP contribution in [0.25, 0.3) is 0 Å². The largest absolute Gasteiger partial charge is 0.383 e. The second-order valence-electron chi connectivity index (χ2n) is 4.87. The van der Waals surface area contributed by atoms with E-state index in [1.807, 2.05) is 48.7 Å². The Morgan fingerprint density at radius 2 is 2.05 bits per heavy atom. The molecule has 1 atom stereocenters. The predicted octanol–water partition coefficient (Wildman–Crippen LogP) is 3.09. The Morgan fingerprint density at radius 1 is 1.30 bits per heavy atom. The van der Waals surface area contributed by atoms with Gasteiger partial charge < -0.3 is 15.7 Å². The van der Waals surface area contributed by atoms with Crippen molar-refractivity contribution in [1.82, 2.24) is 5.32 Å². The maximum atomic E-state index is 11.9. The molecule has 0 aliphatic rings. The fraction of sp³-hybridized carbons (Fsp3) is 0.267. The van der Waals surface area contributed by atoms with Gasteiger partial charge in [0.15, 0.2) is 0 Å². The molecule has 5 heteroatoms. The van der Waals surface area contributed by atoms with Crippen LogP contribution in [-0.2, 0) is 5.60 Å². The molecule has 20 heavy (non-hydrogen) atoms. The highest BCUT2D eigenvalue weighted by Gasteiger charge is 2.24. The quantitative estimate of drug-likeness (QED) is 0.810. The van der Waals surface area contributed by atoms with E-state index in [2.05, 4.69) is 10.6 Å². The Hall–Kier alpha value is -1.85. The van der Waals surface area contributed by atoms with E-state index in [1.165, 1.54) is 11.3 Å². The first-order chi connectivity index (χ1) is 9.49. The smallest absolute Gasteiger partial charge is 0.319 e. The number of anilines is 1. The number of rotatable bonds is 4. The van der Waals surface area contributed by atoms with Crippen LogP contribution in [0.2, 0.25) is 0 Å². The van der Waals surface area contributed by atoms with Gasteiger partial charge in [0.1, 0.15) is 5.60 Å². The zero-order valence-electron chi connectivity index (χ0n) is 11.5. The number of carbonyl (C=O) groups is 1. The summed E-state index contributed by atoms with van der Waals surface area (Å²) in [7, 11) is 0. The van der Waals surface area contributed by atoms with Gasteiger partial charge in [0.25, 0.3) is 0 Å². The standard InChI is InChI=1S/C15H18N2O2S/c1-11-6-3-4-7-12(11)17-14(18)16-10-15(2,19)13-8-5-9-20-13/h3-9,19H,10H2,1-2H3,(H2,16,17,18)/t15-/m0/s1. The zero-order valence-corrected chi connectivity index (χ0v) is 12.3. The highest BCUT2D eigenvalue weighted by atomic mass is 32.1. The third-order valence-electron chi connectivity index (χ3n) is 3.04. The van der Waals surface area contributed by atoms with Crippen LogP contribution < -0.4 is 10.6 Å². The summed E-state index contributed by atoms with van der Waals surface area (Å²) in [5.41, 5.74) is 0.700. The summed E-state index contributed by atoms with van der Waals surface area (Å²) in [4.78, 5) is 12.7. The zero-order chi connectivity index (χ0) is 14.6.